The lowest BCUT2D eigenvalue weighted by Crippen LogP contribution is -2.03. The molecule has 0 radical (unpaired) electrons. The maximum Gasteiger partial charge on any atom is 0.298 e. The lowest BCUT2D eigenvalue weighted by atomic mass is 10.1. The van der Waals surface area contributed by atoms with E-state index in [1.807, 2.05) is 19.9 Å². The molecule has 1 aromatic rings. The summed E-state index contributed by atoms with van der Waals surface area (Å²) in [5.41, 5.74) is -0.336. The molecule has 0 unspecified atom stereocenters. The number of nitrogens with zero attached hydrogens (tertiary/aromatic N) is 1. The summed E-state index contributed by atoms with van der Waals surface area (Å²) in [6.07, 6.45) is 0.613. The molecule has 0 saturated heterocycles. The van der Waals surface area contributed by atoms with Crippen LogP contribution < -0.4 is 5.56 Å². The van der Waals surface area contributed by atoms with Crippen molar-refractivity contribution in [2.75, 3.05) is 0 Å². The number of nitrogens with one attached hydrogen (secondary N) is 1. The van der Waals surface area contributed by atoms with E-state index >= 15 is 0 Å². The second-order valence-corrected chi connectivity index (χ2v) is 3.04. The Morgan fingerprint density at radius 1 is 1.67 bits per heavy atom. The molecule has 0 spiro atoms. The molecule has 0 aliphatic carbocycles. The van der Waals surface area contributed by atoms with E-state index < -0.39 is 5.56 Å². The topological polar surface area (TPSA) is 69.8 Å². The molecule has 1 N–H and O–H groups in total. The summed E-state index contributed by atoms with van der Waals surface area (Å²) in [4.78, 5) is 10.9. The van der Waals surface area contributed by atoms with E-state index in [-0.39, 0.29) is 5.56 Å². The van der Waals surface area contributed by atoms with Crippen LogP contribution in [0.1, 0.15) is 25.2 Å². The Bertz CT molecular complexity index is 354. The molecule has 0 fully saturated rings. The van der Waals surface area contributed by atoms with Gasteiger partial charge in [-0.3, -0.25) is 4.79 Å². The number of rotatable bonds is 2. The van der Waals surface area contributed by atoms with Crippen LogP contribution >= 0.6 is 0 Å². The van der Waals surface area contributed by atoms with Crippen LogP contribution in [-0.4, -0.2) is 5.16 Å². The second kappa shape index (κ2) is 3.26. The summed E-state index contributed by atoms with van der Waals surface area (Å²) in [5, 5.41) is 10.7. The van der Waals surface area contributed by atoms with Crippen LogP contribution in [0.3, 0.4) is 0 Å². The Labute approximate surface area is 69.8 Å². The maximum absolute atomic E-state index is 10.9. The van der Waals surface area contributed by atoms with Crippen molar-refractivity contribution in [3.63, 3.8) is 0 Å². The Kier molecular flexibility index (Phi) is 2.34. The molecular weight excluding hydrogens is 156 g/mol. The average molecular weight is 166 g/mol. The normalized spacial score (nSPS) is 10.2. The lowest BCUT2D eigenvalue weighted by Gasteiger charge is -1.98. The smallest absolute Gasteiger partial charge is 0.298 e. The summed E-state index contributed by atoms with van der Waals surface area (Å²) in [5.74, 6) is 0.827. The molecule has 12 heavy (non-hydrogen) atoms. The summed E-state index contributed by atoms with van der Waals surface area (Å²) < 4.78 is 4.84. The molecule has 0 aromatic carbocycles. The first-order valence-electron chi connectivity index (χ1n) is 3.75. The first kappa shape index (κ1) is 8.60. The van der Waals surface area contributed by atoms with E-state index in [9.17, 15) is 4.79 Å². The number of hydrogen-bond acceptors (Lipinski definition) is 3. The molecular formula is C8H10N2O2. The van der Waals surface area contributed by atoms with Crippen LogP contribution in [0.25, 0.3) is 0 Å². The van der Waals surface area contributed by atoms with E-state index in [2.05, 4.69) is 5.16 Å². The van der Waals surface area contributed by atoms with Gasteiger partial charge in [0.1, 0.15) is 6.07 Å². The highest BCUT2D eigenvalue weighted by atomic mass is 16.5. The number of aromatic amines is 1. The van der Waals surface area contributed by atoms with Gasteiger partial charge in [0.05, 0.1) is 0 Å². The molecule has 0 atom stereocenters. The molecule has 64 valence electrons. The van der Waals surface area contributed by atoms with E-state index in [0.29, 0.717) is 18.1 Å². The van der Waals surface area contributed by atoms with E-state index in [0.717, 1.165) is 0 Å². The van der Waals surface area contributed by atoms with Crippen LogP contribution in [0, 0.1) is 17.2 Å². The molecule has 0 saturated carbocycles. The van der Waals surface area contributed by atoms with Gasteiger partial charge in [0.2, 0.25) is 0 Å². The summed E-state index contributed by atoms with van der Waals surface area (Å²) in [6.45, 7) is 3.99. The zero-order valence-corrected chi connectivity index (χ0v) is 7.05. The van der Waals surface area contributed by atoms with Crippen molar-refractivity contribution in [2.24, 2.45) is 5.92 Å². The third kappa shape index (κ3) is 1.56. The average Bonchev–Trinajstić information content (AvgIpc) is 2.30. The monoisotopic (exact) mass is 166 g/mol. The number of nitriles is 1. The molecule has 1 heterocycles. The minimum atomic E-state index is -0.437. The largest absolute Gasteiger partial charge is 0.382 e. The highest BCUT2D eigenvalue weighted by Crippen LogP contribution is 2.08. The van der Waals surface area contributed by atoms with Crippen molar-refractivity contribution < 1.29 is 4.52 Å². The Balaban J connectivity index is 3.02. The third-order valence-electron chi connectivity index (χ3n) is 1.48. The van der Waals surface area contributed by atoms with Crippen molar-refractivity contribution >= 4 is 0 Å². The first-order chi connectivity index (χ1) is 5.65. The zero-order chi connectivity index (χ0) is 9.14. The third-order valence-corrected chi connectivity index (χ3v) is 1.48. The van der Waals surface area contributed by atoms with Crippen molar-refractivity contribution in [3.8, 4) is 6.07 Å². The lowest BCUT2D eigenvalue weighted by molar-refractivity contribution is 0.364. The summed E-state index contributed by atoms with van der Waals surface area (Å²) in [6, 6.07) is 1.81. The van der Waals surface area contributed by atoms with Gasteiger partial charge in [-0.15, -0.1) is 0 Å². The van der Waals surface area contributed by atoms with Crippen LogP contribution in [0.5, 0.6) is 0 Å². The van der Waals surface area contributed by atoms with Crippen LogP contribution in [0.15, 0.2) is 9.32 Å². The Morgan fingerprint density at radius 3 is 2.83 bits per heavy atom. The predicted molar refractivity (Wildman–Crippen MR) is 42.6 cm³/mol. The molecule has 0 aliphatic rings. The van der Waals surface area contributed by atoms with Crippen LogP contribution in [-0.2, 0) is 6.42 Å². The van der Waals surface area contributed by atoms with E-state index in [1.54, 1.807) is 0 Å². The highest BCUT2D eigenvalue weighted by molar-refractivity contribution is 5.28. The van der Waals surface area contributed by atoms with Gasteiger partial charge in [0.25, 0.3) is 5.56 Å². The highest BCUT2D eigenvalue weighted by Gasteiger charge is 2.12. The van der Waals surface area contributed by atoms with Gasteiger partial charge in [0.15, 0.2) is 11.3 Å². The van der Waals surface area contributed by atoms with Crippen LogP contribution in [0.4, 0.5) is 0 Å². The fraction of sp³-hybridized carbons (Fsp3) is 0.500. The van der Waals surface area contributed by atoms with Gasteiger partial charge in [-0.2, -0.15) is 10.4 Å². The zero-order valence-electron chi connectivity index (χ0n) is 7.05. The fourth-order valence-corrected chi connectivity index (χ4v) is 0.964. The van der Waals surface area contributed by atoms with Gasteiger partial charge in [0, 0.05) is 6.42 Å². The molecule has 1 rings (SSSR count). The van der Waals surface area contributed by atoms with Gasteiger partial charge in [-0.1, -0.05) is 13.8 Å². The minimum absolute atomic E-state index is 0.101. The van der Waals surface area contributed by atoms with Crippen LogP contribution in [0.2, 0.25) is 0 Å². The molecule has 0 amide bonds. The van der Waals surface area contributed by atoms with Gasteiger partial charge in [-0.25, -0.2) is 0 Å². The maximum atomic E-state index is 10.9. The molecule has 4 heteroatoms. The molecule has 0 bridgehead atoms. The Morgan fingerprint density at radius 2 is 2.33 bits per heavy atom. The van der Waals surface area contributed by atoms with Crippen molar-refractivity contribution in [1.82, 2.24) is 5.16 Å². The second-order valence-electron chi connectivity index (χ2n) is 3.04. The van der Waals surface area contributed by atoms with Crippen molar-refractivity contribution in [3.05, 3.63) is 21.7 Å². The fourth-order valence-electron chi connectivity index (χ4n) is 0.964. The van der Waals surface area contributed by atoms with Gasteiger partial charge >= 0.3 is 0 Å². The quantitative estimate of drug-likeness (QED) is 0.713. The summed E-state index contributed by atoms with van der Waals surface area (Å²) >= 11 is 0. The van der Waals surface area contributed by atoms with E-state index in [1.165, 1.54) is 0 Å². The molecule has 0 aliphatic heterocycles. The number of hydrogen-bond donors (Lipinski definition) is 1. The molecule has 1 aromatic heterocycles. The van der Waals surface area contributed by atoms with Crippen molar-refractivity contribution in [1.29, 1.82) is 5.26 Å². The molecule has 4 nitrogen and oxygen atoms in total. The minimum Gasteiger partial charge on any atom is -0.382 e. The SMILES string of the molecule is CC(C)Cc1o[nH]c(=O)c1C#N. The summed E-state index contributed by atoms with van der Waals surface area (Å²) in [7, 11) is 0. The first-order valence-corrected chi connectivity index (χ1v) is 3.75. The predicted octanol–water partition coefficient (Wildman–Crippen LogP) is 1.04. The number of aromatic nitrogens is 1. The van der Waals surface area contributed by atoms with Gasteiger partial charge in [-0.05, 0) is 5.92 Å². The Hall–Kier alpha value is -1.50. The van der Waals surface area contributed by atoms with E-state index in [4.69, 9.17) is 9.78 Å². The van der Waals surface area contributed by atoms with Crippen molar-refractivity contribution in [2.45, 2.75) is 20.3 Å². The van der Waals surface area contributed by atoms with Gasteiger partial charge < -0.3 is 4.52 Å². The standard InChI is InChI=1S/C8H10N2O2/c1-5(2)3-7-6(4-9)8(11)10-12-7/h5H,3H2,1-2H3,(H,10,11). The number of H-pyrrole nitrogens is 1.